The van der Waals surface area contributed by atoms with Crippen molar-refractivity contribution in [1.29, 1.82) is 0 Å². The largest absolute Gasteiger partial charge is 0.465 e. The van der Waals surface area contributed by atoms with Crippen molar-refractivity contribution in [3.63, 3.8) is 0 Å². The topological polar surface area (TPSA) is 71.1 Å². The van der Waals surface area contributed by atoms with E-state index in [0.717, 1.165) is 6.07 Å². The van der Waals surface area contributed by atoms with Gasteiger partial charge in [0.05, 0.1) is 30.4 Å². The molecule has 0 bridgehead atoms. The van der Waals surface area contributed by atoms with E-state index >= 15 is 0 Å². The molecule has 1 aliphatic rings. The second kappa shape index (κ2) is 9.91. The van der Waals surface area contributed by atoms with Crippen molar-refractivity contribution >= 4 is 23.4 Å². The lowest BCUT2D eigenvalue weighted by molar-refractivity contribution is -0.278. The van der Waals surface area contributed by atoms with E-state index in [1.54, 1.807) is 0 Å². The van der Waals surface area contributed by atoms with Gasteiger partial charge in [-0.15, -0.1) is 0 Å². The van der Waals surface area contributed by atoms with Crippen LogP contribution in [0.1, 0.15) is 30.1 Å². The Morgan fingerprint density at radius 1 is 1.27 bits per heavy atom. The van der Waals surface area contributed by atoms with E-state index in [1.165, 1.54) is 0 Å². The molecular weight excluding hydrogens is 374 g/mol. The molecule has 0 aliphatic carbocycles. The number of ketones is 1. The van der Waals surface area contributed by atoms with Crippen LogP contribution >= 0.6 is 11.6 Å². The summed E-state index contributed by atoms with van der Waals surface area (Å²) in [7, 11) is 0. The highest BCUT2D eigenvalue weighted by atomic mass is 35.5. The molecule has 2 rings (SSSR count). The van der Waals surface area contributed by atoms with Crippen LogP contribution in [0, 0.1) is 17.6 Å². The Hall–Kier alpha value is -1.61. The van der Waals surface area contributed by atoms with Crippen molar-refractivity contribution in [2.75, 3.05) is 26.4 Å². The predicted octanol–water partition coefficient (Wildman–Crippen LogP) is 3.11. The van der Waals surface area contributed by atoms with Crippen LogP contribution in [0.2, 0.25) is 5.02 Å². The van der Waals surface area contributed by atoms with Crippen LogP contribution in [0.5, 0.6) is 0 Å². The Kier molecular flexibility index (Phi) is 7.89. The first-order valence-electron chi connectivity index (χ1n) is 8.08. The maximum Gasteiger partial charge on any atom is 0.313 e. The van der Waals surface area contributed by atoms with Gasteiger partial charge in [0.2, 0.25) is 0 Å². The third-order valence-electron chi connectivity index (χ3n) is 3.65. The first-order valence-corrected chi connectivity index (χ1v) is 8.46. The average Bonchev–Trinajstić information content (AvgIpc) is 2.82. The Bertz CT molecular complexity index is 654. The van der Waals surface area contributed by atoms with E-state index in [9.17, 15) is 18.4 Å². The molecule has 2 atom stereocenters. The molecule has 1 aromatic carbocycles. The number of esters is 1. The Balaban J connectivity index is 1.81. The lowest BCUT2D eigenvalue weighted by Crippen LogP contribution is -2.22. The highest BCUT2D eigenvalue weighted by molar-refractivity contribution is 6.31. The molecule has 0 aromatic heterocycles. The molecule has 0 saturated carbocycles. The number of hydrogen-bond acceptors (Lipinski definition) is 6. The minimum atomic E-state index is -1.08. The van der Waals surface area contributed by atoms with Crippen LogP contribution in [0.15, 0.2) is 12.1 Å². The van der Waals surface area contributed by atoms with Gasteiger partial charge in [-0.2, -0.15) is 0 Å². The summed E-state index contributed by atoms with van der Waals surface area (Å²) in [4.78, 5) is 23.8. The van der Waals surface area contributed by atoms with Crippen molar-refractivity contribution in [3.05, 3.63) is 34.4 Å². The summed E-state index contributed by atoms with van der Waals surface area (Å²) in [6.07, 6.45) is -0.0858. The summed E-state index contributed by atoms with van der Waals surface area (Å²) in [6, 6.07) is 1.35. The van der Waals surface area contributed by atoms with Gasteiger partial charge in [-0.3, -0.25) is 9.59 Å². The van der Waals surface area contributed by atoms with Gasteiger partial charge in [-0.25, -0.2) is 8.78 Å². The van der Waals surface area contributed by atoms with Gasteiger partial charge >= 0.3 is 5.97 Å². The monoisotopic (exact) mass is 392 g/mol. The van der Waals surface area contributed by atoms with Gasteiger partial charge in [-0.05, 0) is 19.4 Å². The molecule has 144 valence electrons. The summed E-state index contributed by atoms with van der Waals surface area (Å²) in [5.41, 5.74) is -0.459. The van der Waals surface area contributed by atoms with Crippen molar-refractivity contribution < 1.29 is 37.3 Å². The quantitative estimate of drug-likeness (QED) is 0.307. The SMILES string of the molecule is CCOC1OCCC(COC(=O)CC(=O)c2cc(Cl)c(F)cc2F)CO1. The lowest BCUT2D eigenvalue weighted by Gasteiger charge is -2.15. The van der Waals surface area contributed by atoms with Gasteiger partial charge in [0.25, 0.3) is 6.48 Å². The second-order valence-electron chi connectivity index (χ2n) is 5.63. The summed E-state index contributed by atoms with van der Waals surface area (Å²) < 4.78 is 47.7. The van der Waals surface area contributed by atoms with Crippen molar-refractivity contribution in [2.45, 2.75) is 26.2 Å². The van der Waals surface area contributed by atoms with Gasteiger partial charge in [0.1, 0.15) is 18.1 Å². The molecule has 0 N–H and O–H groups in total. The summed E-state index contributed by atoms with van der Waals surface area (Å²) in [5, 5.41) is -0.400. The molecule has 1 aromatic rings. The fraction of sp³-hybridized carbons (Fsp3) is 0.529. The van der Waals surface area contributed by atoms with E-state index in [-0.39, 0.29) is 19.1 Å². The van der Waals surface area contributed by atoms with Crippen LogP contribution in [0.25, 0.3) is 0 Å². The summed E-state index contributed by atoms with van der Waals surface area (Å²) in [5.74, 6) is -3.84. The highest BCUT2D eigenvalue weighted by Crippen LogP contribution is 2.21. The molecule has 2 unspecified atom stereocenters. The number of hydrogen-bond donors (Lipinski definition) is 0. The Morgan fingerprint density at radius 3 is 2.77 bits per heavy atom. The van der Waals surface area contributed by atoms with Crippen LogP contribution in [0.4, 0.5) is 8.78 Å². The number of carbonyl (C=O) groups excluding carboxylic acids is 2. The van der Waals surface area contributed by atoms with Gasteiger partial charge < -0.3 is 18.9 Å². The normalized spacial score (nSPS) is 20.5. The zero-order chi connectivity index (χ0) is 19.1. The second-order valence-corrected chi connectivity index (χ2v) is 6.04. The number of carbonyl (C=O) groups is 2. The number of benzene rings is 1. The van der Waals surface area contributed by atoms with Crippen LogP contribution in [0.3, 0.4) is 0 Å². The van der Waals surface area contributed by atoms with Crippen molar-refractivity contribution in [3.8, 4) is 0 Å². The average molecular weight is 393 g/mol. The smallest absolute Gasteiger partial charge is 0.313 e. The third-order valence-corrected chi connectivity index (χ3v) is 3.94. The maximum atomic E-state index is 13.6. The molecule has 1 heterocycles. The number of Topliss-reactive ketones (excluding diaryl/α,β-unsaturated/α-hetero) is 1. The van der Waals surface area contributed by atoms with Crippen LogP contribution in [-0.2, 0) is 23.7 Å². The molecule has 0 radical (unpaired) electrons. The Morgan fingerprint density at radius 2 is 2.04 bits per heavy atom. The first kappa shape index (κ1) is 20.7. The van der Waals surface area contributed by atoms with Gasteiger partial charge in [0.15, 0.2) is 5.78 Å². The lowest BCUT2D eigenvalue weighted by atomic mass is 10.1. The standard InChI is InChI=1S/C17H19ClF2O6/c1-2-23-17-24-4-3-10(9-26-17)8-25-16(22)7-15(21)11-5-12(18)14(20)6-13(11)19/h5-6,10,17H,2-4,7-9H2,1H3. The molecule has 1 aliphatic heterocycles. The van der Waals surface area contributed by atoms with Crippen LogP contribution < -0.4 is 0 Å². The fourth-order valence-corrected chi connectivity index (χ4v) is 2.43. The zero-order valence-corrected chi connectivity index (χ0v) is 14.9. The van der Waals surface area contributed by atoms with E-state index in [1.807, 2.05) is 6.92 Å². The highest BCUT2D eigenvalue weighted by Gasteiger charge is 2.23. The molecular formula is C17H19ClF2O6. The molecule has 1 saturated heterocycles. The number of halogens is 3. The van der Waals surface area contributed by atoms with E-state index in [2.05, 4.69) is 0 Å². The fourth-order valence-electron chi connectivity index (χ4n) is 2.27. The molecule has 0 amide bonds. The molecule has 26 heavy (non-hydrogen) atoms. The molecule has 9 heteroatoms. The summed E-state index contributed by atoms with van der Waals surface area (Å²) in [6.45, 7) is 2.19. The minimum Gasteiger partial charge on any atom is -0.465 e. The minimum absolute atomic E-state index is 0.0287. The first-order chi connectivity index (χ1) is 12.4. The van der Waals surface area contributed by atoms with Crippen LogP contribution in [-0.4, -0.2) is 44.7 Å². The van der Waals surface area contributed by atoms with Crippen molar-refractivity contribution in [2.24, 2.45) is 5.92 Å². The van der Waals surface area contributed by atoms with E-state index in [4.69, 9.17) is 30.5 Å². The van der Waals surface area contributed by atoms with Gasteiger partial charge in [-0.1, -0.05) is 11.6 Å². The molecule has 1 fully saturated rings. The number of ether oxygens (including phenoxy) is 4. The molecule has 6 nitrogen and oxygen atoms in total. The maximum absolute atomic E-state index is 13.6. The van der Waals surface area contributed by atoms with E-state index in [0.29, 0.717) is 25.7 Å². The summed E-state index contributed by atoms with van der Waals surface area (Å²) >= 11 is 5.53. The Labute approximate surface area is 154 Å². The zero-order valence-electron chi connectivity index (χ0n) is 14.1. The predicted molar refractivity (Wildman–Crippen MR) is 86.7 cm³/mol. The number of rotatable bonds is 7. The van der Waals surface area contributed by atoms with Gasteiger partial charge in [0, 0.05) is 18.6 Å². The third kappa shape index (κ3) is 5.98. The molecule has 0 spiro atoms. The van der Waals surface area contributed by atoms with E-state index < -0.39 is 46.9 Å². The van der Waals surface area contributed by atoms with Crippen molar-refractivity contribution in [1.82, 2.24) is 0 Å².